The molecule has 162 valence electrons. The van der Waals surface area contributed by atoms with E-state index in [4.69, 9.17) is 5.73 Å². The van der Waals surface area contributed by atoms with Crippen molar-refractivity contribution >= 4 is 29.7 Å². The van der Waals surface area contributed by atoms with Crippen LogP contribution in [0, 0.1) is 0 Å². The van der Waals surface area contributed by atoms with Crippen molar-refractivity contribution in [3.8, 4) is 0 Å². The van der Waals surface area contributed by atoms with Crippen molar-refractivity contribution in [3.63, 3.8) is 0 Å². The van der Waals surface area contributed by atoms with Crippen molar-refractivity contribution in [3.05, 3.63) is 18.2 Å². The fourth-order valence-electron chi connectivity index (χ4n) is 3.66. The number of hydrogen-bond donors (Lipinski definition) is 4. The van der Waals surface area contributed by atoms with Gasteiger partial charge in [-0.15, -0.1) is 0 Å². The van der Waals surface area contributed by atoms with Crippen LogP contribution in [0.25, 0.3) is 0 Å². The van der Waals surface area contributed by atoms with Gasteiger partial charge in [0.05, 0.1) is 12.7 Å². The number of carbonyl (C=O) groups is 5. The second-order valence-electron chi connectivity index (χ2n) is 7.45. The normalized spacial score (nSPS) is 23.0. The van der Waals surface area contributed by atoms with Gasteiger partial charge in [0.2, 0.25) is 23.6 Å². The van der Waals surface area contributed by atoms with Crippen molar-refractivity contribution in [2.45, 2.75) is 50.2 Å². The monoisotopic (exact) mass is 419 g/mol. The van der Waals surface area contributed by atoms with Crippen LogP contribution in [0.3, 0.4) is 0 Å². The number of nitrogens with one attached hydrogen (secondary N) is 3. The molecule has 6 amide bonds. The van der Waals surface area contributed by atoms with E-state index < -0.39 is 47.8 Å². The van der Waals surface area contributed by atoms with Crippen molar-refractivity contribution in [1.29, 1.82) is 0 Å². The van der Waals surface area contributed by atoms with E-state index in [1.807, 2.05) is 0 Å². The molecule has 2 fully saturated rings. The molecule has 0 radical (unpaired) electrons. The molecular weight excluding hydrogens is 394 g/mol. The van der Waals surface area contributed by atoms with E-state index in [2.05, 4.69) is 20.6 Å². The molecule has 3 heterocycles. The van der Waals surface area contributed by atoms with E-state index in [9.17, 15) is 24.0 Å². The highest BCUT2D eigenvalue weighted by Gasteiger charge is 2.38. The summed E-state index contributed by atoms with van der Waals surface area (Å²) in [5, 5.41) is 5.06. The maximum Gasteiger partial charge on any atom is 0.324 e. The van der Waals surface area contributed by atoms with Crippen LogP contribution in [0.4, 0.5) is 4.79 Å². The minimum Gasteiger partial charge on any atom is -0.368 e. The second kappa shape index (κ2) is 8.93. The number of aromatic nitrogens is 2. The number of amides is 6. The Labute approximate surface area is 172 Å². The zero-order valence-electron chi connectivity index (χ0n) is 16.6. The largest absolute Gasteiger partial charge is 0.368 e. The van der Waals surface area contributed by atoms with Gasteiger partial charge in [-0.25, -0.2) is 9.78 Å². The van der Waals surface area contributed by atoms with Crippen LogP contribution >= 0.6 is 0 Å². The number of imide groups is 1. The maximum absolute atomic E-state index is 13.2. The Morgan fingerprint density at radius 3 is 2.73 bits per heavy atom. The van der Waals surface area contributed by atoms with E-state index in [-0.39, 0.29) is 12.8 Å². The molecule has 12 nitrogen and oxygen atoms in total. The molecule has 1 aromatic heterocycles. The number of aromatic amines is 1. The number of rotatable bonds is 6. The van der Waals surface area contributed by atoms with Crippen LogP contribution in [0.2, 0.25) is 0 Å². The number of piperidine rings is 1. The van der Waals surface area contributed by atoms with Gasteiger partial charge in [0.1, 0.15) is 18.1 Å². The average Bonchev–Trinajstić information content (AvgIpc) is 3.23. The first kappa shape index (κ1) is 21.3. The quantitative estimate of drug-likeness (QED) is 0.426. The molecule has 0 unspecified atom stereocenters. The summed E-state index contributed by atoms with van der Waals surface area (Å²) in [4.78, 5) is 70.6. The van der Waals surface area contributed by atoms with Crippen molar-refractivity contribution in [2.24, 2.45) is 5.73 Å². The van der Waals surface area contributed by atoms with Gasteiger partial charge in [0.15, 0.2) is 0 Å². The van der Waals surface area contributed by atoms with Gasteiger partial charge in [-0.1, -0.05) is 0 Å². The predicted molar refractivity (Wildman–Crippen MR) is 102 cm³/mol. The first-order valence-electron chi connectivity index (χ1n) is 9.72. The van der Waals surface area contributed by atoms with Crippen molar-refractivity contribution in [1.82, 2.24) is 30.4 Å². The highest BCUT2D eigenvalue weighted by molar-refractivity contribution is 6.03. The number of hydrogen-bond acceptors (Lipinski definition) is 6. The Hall–Kier alpha value is -3.44. The molecule has 5 N–H and O–H groups in total. The van der Waals surface area contributed by atoms with Gasteiger partial charge in [0, 0.05) is 31.9 Å². The summed E-state index contributed by atoms with van der Waals surface area (Å²) in [7, 11) is 1.32. The zero-order valence-corrected chi connectivity index (χ0v) is 16.6. The molecule has 2 aliphatic rings. The summed E-state index contributed by atoms with van der Waals surface area (Å²) in [6.45, 7) is 0.352. The highest BCUT2D eigenvalue weighted by Crippen LogP contribution is 2.19. The van der Waals surface area contributed by atoms with Crippen LogP contribution in [0.1, 0.15) is 31.4 Å². The average molecular weight is 419 g/mol. The van der Waals surface area contributed by atoms with E-state index >= 15 is 0 Å². The number of imidazole rings is 1. The molecule has 30 heavy (non-hydrogen) atoms. The Morgan fingerprint density at radius 2 is 2.10 bits per heavy atom. The lowest BCUT2D eigenvalue weighted by molar-refractivity contribution is -0.144. The first-order chi connectivity index (χ1) is 14.3. The van der Waals surface area contributed by atoms with E-state index in [1.54, 1.807) is 0 Å². The molecule has 0 aromatic carbocycles. The number of nitrogens with two attached hydrogens (primary N) is 1. The molecule has 2 aliphatic heterocycles. The third kappa shape index (κ3) is 4.58. The van der Waals surface area contributed by atoms with E-state index in [0.717, 1.165) is 17.7 Å². The van der Waals surface area contributed by atoms with Gasteiger partial charge < -0.3 is 26.3 Å². The van der Waals surface area contributed by atoms with E-state index in [0.29, 0.717) is 18.7 Å². The highest BCUT2D eigenvalue weighted by atomic mass is 16.2. The number of nitrogens with zero attached hydrogens (tertiary/aromatic N) is 3. The predicted octanol–water partition coefficient (Wildman–Crippen LogP) is -1.76. The van der Waals surface area contributed by atoms with Gasteiger partial charge in [-0.3, -0.25) is 24.1 Å². The summed E-state index contributed by atoms with van der Waals surface area (Å²) < 4.78 is 0. The number of urea groups is 1. The smallest absolute Gasteiger partial charge is 0.324 e. The lowest BCUT2D eigenvalue weighted by Crippen LogP contribution is -2.62. The van der Waals surface area contributed by atoms with Gasteiger partial charge >= 0.3 is 6.03 Å². The molecule has 0 aliphatic carbocycles. The molecule has 0 spiro atoms. The fourth-order valence-corrected chi connectivity index (χ4v) is 3.66. The lowest BCUT2D eigenvalue weighted by atomic mass is 9.99. The van der Waals surface area contributed by atoms with Crippen LogP contribution in [0.5, 0.6) is 0 Å². The molecule has 2 saturated heterocycles. The standard InChI is InChI=1S/C18H25N7O5/c1-24-14(26)7-11(23-18(24)30)16(28)22-12(6-10-8-20-9-21-10)17(29)25-5-3-2-4-13(25)15(19)27/h8-9,11-13H,2-7H2,1H3,(H2,19,27)(H,20,21)(H,22,28)(H,23,30)/t11-,12-,13-/m0/s1. The topological polar surface area (TPSA) is 171 Å². The van der Waals surface area contributed by atoms with Gasteiger partial charge in [-0.05, 0) is 19.3 Å². The number of primary amides is 1. The molecule has 12 heteroatoms. The third-order valence-electron chi connectivity index (χ3n) is 5.38. The zero-order chi connectivity index (χ0) is 21.8. The Kier molecular flexibility index (Phi) is 6.33. The molecule has 1 aromatic rings. The molecule has 3 atom stereocenters. The summed E-state index contributed by atoms with van der Waals surface area (Å²) in [5.41, 5.74) is 6.07. The molecule has 0 saturated carbocycles. The van der Waals surface area contributed by atoms with Crippen LogP contribution in [-0.2, 0) is 25.6 Å². The Morgan fingerprint density at radius 1 is 1.33 bits per heavy atom. The maximum atomic E-state index is 13.2. The molecule has 0 bridgehead atoms. The first-order valence-corrected chi connectivity index (χ1v) is 9.72. The van der Waals surface area contributed by atoms with Crippen molar-refractivity contribution in [2.75, 3.05) is 13.6 Å². The summed E-state index contributed by atoms with van der Waals surface area (Å²) in [5.74, 6) is -2.20. The van der Waals surface area contributed by atoms with Crippen molar-refractivity contribution < 1.29 is 24.0 Å². The SMILES string of the molecule is CN1C(=O)C[C@@H](C(=O)N[C@@H](Cc2cnc[nH]2)C(=O)N2CCCC[C@H]2C(N)=O)NC1=O. The Bertz CT molecular complexity index is 822. The van der Waals surface area contributed by atoms with Gasteiger partial charge in [0.25, 0.3) is 0 Å². The van der Waals surface area contributed by atoms with E-state index in [1.165, 1.54) is 24.5 Å². The lowest BCUT2D eigenvalue weighted by Gasteiger charge is -2.36. The number of likely N-dealkylation sites (tertiary alicyclic amines) is 1. The Balaban J connectivity index is 1.77. The fraction of sp³-hybridized carbons (Fsp3) is 0.556. The van der Waals surface area contributed by atoms with Crippen LogP contribution in [0.15, 0.2) is 12.5 Å². The molecular formula is C18H25N7O5. The minimum atomic E-state index is -1.09. The van der Waals surface area contributed by atoms with Crippen LogP contribution < -0.4 is 16.4 Å². The minimum absolute atomic E-state index is 0.0983. The second-order valence-corrected chi connectivity index (χ2v) is 7.45. The number of carbonyl (C=O) groups excluding carboxylic acids is 5. The number of H-pyrrole nitrogens is 1. The van der Waals surface area contributed by atoms with Crippen LogP contribution in [-0.4, -0.2) is 81.1 Å². The summed E-state index contributed by atoms with van der Waals surface area (Å²) in [6, 6.07) is -3.54. The third-order valence-corrected chi connectivity index (χ3v) is 5.38. The summed E-state index contributed by atoms with van der Waals surface area (Å²) in [6.07, 6.45) is 4.81. The van der Waals surface area contributed by atoms with Gasteiger partial charge in [-0.2, -0.15) is 0 Å². The summed E-state index contributed by atoms with van der Waals surface area (Å²) >= 11 is 0. The molecule has 3 rings (SSSR count).